The molecular weight excluding hydrogens is 220 g/mol. The normalized spacial score (nSPS) is 16.3. The fourth-order valence-electron chi connectivity index (χ4n) is 2.26. The molecule has 0 atom stereocenters. The van der Waals surface area contributed by atoms with Gasteiger partial charge in [0.15, 0.2) is 0 Å². The van der Waals surface area contributed by atoms with Gasteiger partial charge in [0.1, 0.15) is 0 Å². The highest BCUT2D eigenvalue weighted by molar-refractivity contribution is 5.84. The first-order chi connectivity index (χ1) is 8.29. The van der Waals surface area contributed by atoms with Crippen molar-refractivity contribution in [3.05, 3.63) is 11.7 Å². The van der Waals surface area contributed by atoms with Crippen molar-refractivity contribution in [2.24, 2.45) is 5.92 Å². The van der Waals surface area contributed by atoms with E-state index in [2.05, 4.69) is 10.1 Å². The first-order valence-corrected chi connectivity index (χ1v) is 6.29. The molecule has 5 heteroatoms. The lowest BCUT2D eigenvalue weighted by molar-refractivity contribution is 0.0508. The molecule has 0 saturated heterocycles. The third kappa shape index (κ3) is 3.28. The summed E-state index contributed by atoms with van der Waals surface area (Å²) in [7, 11) is 0. The number of rotatable bonds is 5. The molecule has 1 fully saturated rings. The molecule has 5 nitrogen and oxygen atoms in total. The predicted octanol–water partition coefficient (Wildman–Crippen LogP) is 2.37. The third-order valence-electron chi connectivity index (χ3n) is 3.17. The van der Waals surface area contributed by atoms with E-state index in [0.29, 0.717) is 12.5 Å². The number of aromatic nitrogens is 2. The van der Waals surface area contributed by atoms with Crippen LogP contribution in [0.5, 0.6) is 0 Å². The number of ether oxygens (including phenoxy) is 1. The minimum atomic E-state index is -0.511. The Hall–Kier alpha value is -1.39. The van der Waals surface area contributed by atoms with Crippen LogP contribution in [0.2, 0.25) is 0 Å². The van der Waals surface area contributed by atoms with Crippen LogP contribution in [0, 0.1) is 5.92 Å². The maximum atomic E-state index is 11.3. The second-order valence-electron chi connectivity index (χ2n) is 4.42. The number of esters is 1. The molecule has 0 bridgehead atoms. The highest BCUT2D eigenvalue weighted by Crippen LogP contribution is 2.28. The topological polar surface area (TPSA) is 65.2 Å². The summed E-state index contributed by atoms with van der Waals surface area (Å²) in [4.78, 5) is 15.3. The van der Waals surface area contributed by atoms with Crippen molar-refractivity contribution < 1.29 is 14.1 Å². The molecule has 1 aliphatic carbocycles. The first kappa shape index (κ1) is 12.1. The summed E-state index contributed by atoms with van der Waals surface area (Å²) in [5, 5.41) is 3.62. The van der Waals surface area contributed by atoms with E-state index >= 15 is 0 Å². The van der Waals surface area contributed by atoms with Crippen LogP contribution in [-0.2, 0) is 11.2 Å². The number of nitrogens with zero attached hydrogens (tertiary/aromatic N) is 2. The van der Waals surface area contributed by atoms with Crippen molar-refractivity contribution in [1.29, 1.82) is 0 Å². The van der Waals surface area contributed by atoms with Gasteiger partial charge in [-0.15, -0.1) is 0 Å². The summed E-state index contributed by atoms with van der Waals surface area (Å²) in [6, 6.07) is 0. The summed E-state index contributed by atoms with van der Waals surface area (Å²) in [5.74, 6) is 0.851. The summed E-state index contributed by atoms with van der Waals surface area (Å²) in [6.45, 7) is 2.07. The summed E-state index contributed by atoms with van der Waals surface area (Å²) >= 11 is 0. The van der Waals surface area contributed by atoms with Crippen LogP contribution < -0.4 is 0 Å². The van der Waals surface area contributed by atoms with Crippen LogP contribution in [0.3, 0.4) is 0 Å². The Morgan fingerprint density at radius 1 is 1.47 bits per heavy atom. The molecule has 1 aromatic rings. The smallest absolute Gasteiger partial charge is 0.379 e. The lowest BCUT2D eigenvalue weighted by Crippen LogP contribution is -2.06. The summed E-state index contributed by atoms with van der Waals surface area (Å²) in [5.41, 5.74) is 0. The second kappa shape index (κ2) is 5.80. The predicted molar refractivity (Wildman–Crippen MR) is 60.5 cm³/mol. The molecule has 0 aromatic carbocycles. The van der Waals surface area contributed by atoms with E-state index in [9.17, 15) is 4.79 Å². The van der Waals surface area contributed by atoms with Crippen LogP contribution in [0.4, 0.5) is 0 Å². The van der Waals surface area contributed by atoms with Crippen LogP contribution in [-0.4, -0.2) is 22.7 Å². The van der Waals surface area contributed by atoms with Crippen molar-refractivity contribution in [1.82, 2.24) is 10.1 Å². The zero-order valence-corrected chi connectivity index (χ0v) is 10.1. The van der Waals surface area contributed by atoms with E-state index in [0.717, 1.165) is 18.8 Å². The molecule has 0 N–H and O–H groups in total. The Bertz CT molecular complexity index is 370. The molecule has 0 spiro atoms. The maximum Gasteiger partial charge on any atom is 0.379 e. The van der Waals surface area contributed by atoms with Gasteiger partial charge >= 0.3 is 5.97 Å². The first-order valence-electron chi connectivity index (χ1n) is 6.29. The van der Waals surface area contributed by atoms with Gasteiger partial charge in [0.05, 0.1) is 6.61 Å². The molecule has 2 rings (SSSR count). The Balaban J connectivity index is 1.83. The standard InChI is InChI=1S/C12H18N2O3/c1-2-16-12(15)11-13-10(17-14-11)8-7-9-5-3-4-6-9/h9H,2-8H2,1H3. The minimum Gasteiger partial charge on any atom is -0.460 e. The van der Waals surface area contributed by atoms with Gasteiger partial charge < -0.3 is 9.26 Å². The van der Waals surface area contributed by atoms with E-state index in [4.69, 9.17) is 9.26 Å². The molecule has 0 unspecified atom stereocenters. The van der Waals surface area contributed by atoms with Gasteiger partial charge in [0.2, 0.25) is 5.89 Å². The molecule has 1 heterocycles. The average molecular weight is 238 g/mol. The fourth-order valence-corrected chi connectivity index (χ4v) is 2.26. The van der Waals surface area contributed by atoms with Crippen LogP contribution in [0.1, 0.15) is 55.5 Å². The van der Waals surface area contributed by atoms with Gasteiger partial charge in [-0.3, -0.25) is 0 Å². The maximum absolute atomic E-state index is 11.3. The third-order valence-corrected chi connectivity index (χ3v) is 3.17. The molecular formula is C12H18N2O3. The van der Waals surface area contributed by atoms with Crippen molar-refractivity contribution >= 4 is 5.97 Å². The highest BCUT2D eigenvalue weighted by atomic mass is 16.5. The number of hydrogen-bond donors (Lipinski definition) is 0. The molecule has 0 radical (unpaired) electrons. The van der Waals surface area contributed by atoms with Crippen LogP contribution in [0.15, 0.2) is 4.52 Å². The van der Waals surface area contributed by atoms with E-state index in [1.54, 1.807) is 6.92 Å². The van der Waals surface area contributed by atoms with Gasteiger partial charge in [-0.05, 0) is 24.4 Å². The lowest BCUT2D eigenvalue weighted by Gasteiger charge is -2.04. The molecule has 1 saturated carbocycles. The zero-order chi connectivity index (χ0) is 12.1. The van der Waals surface area contributed by atoms with Gasteiger partial charge in [-0.1, -0.05) is 25.7 Å². The van der Waals surface area contributed by atoms with E-state index < -0.39 is 5.97 Å². The summed E-state index contributed by atoms with van der Waals surface area (Å²) < 4.78 is 9.83. The molecule has 17 heavy (non-hydrogen) atoms. The Morgan fingerprint density at radius 3 is 2.94 bits per heavy atom. The molecule has 1 aliphatic rings. The zero-order valence-electron chi connectivity index (χ0n) is 10.1. The Labute approximate surface area is 101 Å². The van der Waals surface area contributed by atoms with E-state index in [1.165, 1.54) is 25.7 Å². The molecule has 94 valence electrons. The highest BCUT2D eigenvalue weighted by Gasteiger charge is 2.18. The molecule has 0 amide bonds. The Morgan fingerprint density at radius 2 is 2.24 bits per heavy atom. The van der Waals surface area contributed by atoms with Crippen molar-refractivity contribution in [2.45, 2.75) is 45.4 Å². The van der Waals surface area contributed by atoms with Gasteiger partial charge in [-0.25, -0.2) is 4.79 Å². The number of carbonyl (C=O) groups excluding carboxylic acids is 1. The van der Waals surface area contributed by atoms with E-state index in [1.807, 2.05) is 0 Å². The SMILES string of the molecule is CCOC(=O)c1noc(CCC2CCCC2)n1. The second-order valence-corrected chi connectivity index (χ2v) is 4.42. The minimum absolute atomic E-state index is 0.0354. The van der Waals surface area contributed by atoms with Crippen molar-refractivity contribution in [3.63, 3.8) is 0 Å². The number of carbonyl (C=O) groups is 1. The molecule has 0 aliphatic heterocycles. The van der Waals surface area contributed by atoms with Crippen LogP contribution >= 0.6 is 0 Å². The summed E-state index contributed by atoms with van der Waals surface area (Å²) in [6.07, 6.45) is 7.12. The quantitative estimate of drug-likeness (QED) is 0.737. The average Bonchev–Trinajstić information content (AvgIpc) is 2.98. The van der Waals surface area contributed by atoms with E-state index in [-0.39, 0.29) is 5.82 Å². The Kier molecular flexibility index (Phi) is 4.12. The van der Waals surface area contributed by atoms with Crippen molar-refractivity contribution in [3.8, 4) is 0 Å². The largest absolute Gasteiger partial charge is 0.460 e. The van der Waals surface area contributed by atoms with Gasteiger partial charge in [-0.2, -0.15) is 4.98 Å². The molecule has 1 aromatic heterocycles. The number of aryl methyl sites for hydroxylation is 1. The van der Waals surface area contributed by atoms with Crippen LogP contribution in [0.25, 0.3) is 0 Å². The lowest BCUT2D eigenvalue weighted by atomic mass is 10.0. The number of hydrogen-bond acceptors (Lipinski definition) is 5. The van der Waals surface area contributed by atoms with Crippen molar-refractivity contribution in [2.75, 3.05) is 6.61 Å². The monoisotopic (exact) mass is 238 g/mol. The fraction of sp³-hybridized carbons (Fsp3) is 0.750. The van der Waals surface area contributed by atoms with Gasteiger partial charge in [0.25, 0.3) is 5.82 Å². The van der Waals surface area contributed by atoms with Gasteiger partial charge in [0, 0.05) is 6.42 Å².